The molecule has 6 rings (SSSR count). The van der Waals surface area contributed by atoms with Gasteiger partial charge in [-0.05, 0) is 0 Å². The molecule has 0 radical (unpaired) electrons. The standard InChI is InChI=1S/C20H23FN10O11P2/c21-8-6(1-39-43(35)36)41-19(31-5-27-10-16(31)28-20(23)29-17(10)34)13(8)44(37,38)40-2-7-11(32)12(33)18(42-7)30-4-26-9-14(22)24-3-25-15(9)30/h3-8,11-13,18-19,32-33H,1-2H2,(H6-,22,23,24,25,28,29,34,35,36,37,38)/p+1/t6-,7-,8+,11-,12-,13-,18-,19-/m1/s1. The fraction of sp³-hybridized carbons (Fsp3) is 0.500. The summed E-state index contributed by atoms with van der Waals surface area (Å²) >= 11 is 0. The van der Waals surface area contributed by atoms with Crippen LogP contribution >= 0.6 is 15.9 Å². The highest BCUT2D eigenvalue weighted by atomic mass is 31.2. The number of anilines is 2. The van der Waals surface area contributed by atoms with Gasteiger partial charge in [-0.25, -0.2) is 24.3 Å². The minimum absolute atomic E-state index is 0.0553. The number of alkyl halides is 1. The van der Waals surface area contributed by atoms with Crippen molar-refractivity contribution in [2.24, 2.45) is 0 Å². The van der Waals surface area contributed by atoms with Crippen LogP contribution in [0.2, 0.25) is 0 Å². The lowest BCUT2D eigenvalue weighted by Crippen LogP contribution is -2.35. The number of nitrogens with zero attached hydrogens (tertiary/aromatic N) is 7. The van der Waals surface area contributed by atoms with E-state index in [9.17, 15) is 29.0 Å². The predicted octanol–water partition coefficient (Wildman–Crippen LogP) is -1.78. The van der Waals surface area contributed by atoms with Gasteiger partial charge in [-0.2, -0.15) is 4.98 Å². The van der Waals surface area contributed by atoms with Gasteiger partial charge < -0.3 is 40.6 Å². The van der Waals surface area contributed by atoms with E-state index in [1.165, 1.54) is 10.9 Å². The molecule has 0 saturated carbocycles. The van der Waals surface area contributed by atoms with E-state index in [1.54, 1.807) is 0 Å². The number of H-pyrrole nitrogens is 1. The molecule has 2 aliphatic rings. The maximum absolute atomic E-state index is 15.8. The molecule has 6 heterocycles. The van der Waals surface area contributed by atoms with Crippen molar-refractivity contribution in [3.63, 3.8) is 0 Å². The maximum Gasteiger partial charge on any atom is 0.694 e. The van der Waals surface area contributed by atoms with Crippen LogP contribution in [0, 0.1) is 0 Å². The van der Waals surface area contributed by atoms with Gasteiger partial charge in [0, 0.05) is 4.57 Å². The molecular weight excluding hydrogens is 637 g/mol. The molecule has 0 spiro atoms. The number of aromatic nitrogens is 8. The smallest absolute Gasteiger partial charge is 0.387 e. The Bertz CT molecular complexity index is 1840. The molecular formula is C20H24FN10O11P2+. The number of hydrogen-bond donors (Lipinski definition) is 7. The monoisotopic (exact) mass is 661 g/mol. The molecule has 21 nitrogen and oxygen atoms in total. The highest BCUT2D eigenvalue weighted by Crippen LogP contribution is 2.58. The van der Waals surface area contributed by atoms with E-state index in [1.807, 2.05) is 0 Å². The summed E-state index contributed by atoms with van der Waals surface area (Å²) in [6, 6.07) is 0. The van der Waals surface area contributed by atoms with Crippen LogP contribution in [-0.4, -0.2) is 108 Å². The number of imidazole rings is 2. The molecule has 44 heavy (non-hydrogen) atoms. The van der Waals surface area contributed by atoms with Gasteiger partial charge in [0.05, 0.1) is 19.3 Å². The number of fused-ring (bicyclic) bond motifs is 2. The van der Waals surface area contributed by atoms with Gasteiger partial charge >= 0.3 is 15.9 Å². The Kier molecular flexibility index (Phi) is 7.91. The van der Waals surface area contributed by atoms with Crippen molar-refractivity contribution in [1.82, 2.24) is 39.0 Å². The Hall–Kier alpha value is -3.56. The summed E-state index contributed by atoms with van der Waals surface area (Å²) in [6.07, 6.45) is -8.20. The van der Waals surface area contributed by atoms with E-state index in [2.05, 4.69) is 34.4 Å². The lowest BCUT2D eigenvalue weighted by Gasteiger charge is -2.26. The SMILES string of the molecule is Nc1nc2c(ncn2[C@@H]2O[C@H](CO[P+](=O)O)[C@H](F)[C@H]2P(=O)(O)OC[C@H]2O[C@@H](n3cnc4c(N)ncnc43)[C@H](O)[C@@H]2O)c(=O)[nH]1. The van der Waals surface area contributed by atoms with Crippen molar-refractivity contribution in [2.45, 2.75) is 48.7 Å². The van der Waals surface area contributed by atoms with Crippen molar-refractivity contribution in [3.05, 3.63) is 29.3 Å². The zero-order valence-electron chi connectivity index (χ0n) is 22.0. The third kappa shape index (κ3) is 5.24. The molecule has 4 aromatic rings. The Morgan fingerprint density at radius 1 is 1.02 bits per heavy atom. The van der Waals surface area contributed by atoms with Crippen LogP contribution in [0.1, 0.15) is 12.5 Å². The predicted molar refractivity (Wildman–Crippen MR) is 142 cm³/mol. The Morgan fingerprint density at radius 3 is 2.43 bits per heavy atom. The fourth-order valence-electron chi connectivity index (χ4n) is 5.10. The first-order valence-corrected chi connectivity index (χ1v) is 15.4. The second-order valence-corrected chi connectivity index (χ2v) is 12.5. The average molecular weight is 661 g/mol. The second-order valence-electron chi connectivity index (χ2n) is 9.80. The van der Waals surface area contributed by atoms with E-state index in [0.29, 0.717) is 0 Å². The summed E-state index contributed by atoms with van der Waals surface area (Å²) in [5.41, 5.74) is 8.54. The average Bonchev–Trinajstić information content (AvgIpc) is 3.72. The minimum atomic E-state index is -5.12. The molecule has 0 amide bonds. The first kappa shape index (κ1) is 30.5. The van der Waals surface area contributed by atoms with Crippen molar-refractivity contribution in [1.29, 1.82) is 0 Å². The number of hydrogen-bond acceptors (Lipinski definition) is 16. The second kappa shape index (κ2) is 11.4. The molecule has 2 fully saturated rings. The van der Waals surface area contributed by atoms with E-state index >= 15 is 4.39 Å². The zero-order valence-corrected chi connectivity index (χ0v) is 23.8. The number of nitrogens with one attached hydrogen (secondary N) is 1. The number of halogens is 1. The molecule has 4 aromatic heterocycles. The van der Waals surface area contributed by atoms with Gasteiger partial charge in [-0.3, -0.25) is 23.5 Å². The number of aliphatic hydroxyl groups excluding tert-OH is 2. The van der Waals surface area contributed by atoms with E-state index < -0.39 is 83.3 Å². The topological polar surface area (TPSA) is 311 Å². The van der Waals surface area contributed by atoms with Gasteiger partial charge in [0.15, 0.2) is 35.1 Å². The Labute approximate surface area is 244 Å². The first-order chi connectivity index (χ1) is 20.9. The van der Waals surface area contributed by atoms with Crippen LogP contribution < -0.4 is 17.0 Å². The van der Waals surface area contributed by atoms with Crippen LogP contribution in [0.5, 0.6) is 0 Å². The fourth-order valence-corrected chi connectivity index (χ4v) is 7.00. The van der Waals surface area contributed by atoms with Gasteiger partial charge in [0.2, 0.25) is 5.95 Å². The van der Waals surface area contributed by atoms with Crippen molar-refractivity contribution in [3.8, 4) is 0 Å². The Balaban J connectivity index is 1.26. The van der Waals surface area contributed by atoms with Gasteiger partial charge in [-0.15, -0.1) is 9.42 Å². The number of aliphatic hydroxyl groups is 2. The van der Waals surface area contributed by atoms with E-state index in [0.717, 1.165) is 17.2 Å². The molecule has 0 aromatic carbocycles. The first-order valence-electron chi connectivity index (χ1n) is 12.6. The third-order valence-corrected chi connectivity index (χ3v) is 9.34. The quantitative estimate of drug-likeness (QED) is 0.0974. The number of nitrogens with two attached hydrogens (primary N) is 2. The summed E-state index contributed by atoms with van der Waals surface area (Å²) in [5, 5.41) is 21.3. The van der Waals surface area contributed by atoms with Crippen LogP contribution in [0.3, 0.4) is 0 Å². The Morgan fingerprint density at radius 2 is 1.70 bits per heavy atom. The van der Waals surface area contributed by atoms with Crippen molar-refractivity contribution < 1.29 is 52.0 Å². The molecule has 24 heteroatoms. The molecule has 10 atom stereocenters. The van der Waals surface area contributed by atoms with Crippen LogP contribution in [0.25, 0.3) is 22.3 Å². The summed E-state index contributed by atoms with van der Waals surface area (Å²) < 4.78 is 63.9. The van der Waals surface area contributed by atoms with Crippen molar-refractivity contribution >= 4 is 49.9 Å². The van der Waals surface area contributed by atoms with Crippen LogP contribution in [-0.2, 0) is 27.7 Å². The zero-order chi connectivity index (χ0) is 31.5. The summed E-state index contributed by atoms with van der Waals surface area (Å²) in [6.45, 7) is -1.62. The minimum Gasteiger partial charge on any atom is -0.387 e. The van der Waals surface area contributed by atoms with E-state index in [4.69, 9.17) is 30.4 Å². The number of aromatic amines is 1. The molecule has 0 bridgehead atoms. The number of ether oxygens (including phenoxy) is 2. The van der Waals surface area contributed by atoms with Crippen LogP contribution in [0.15, 0.2) is 23.8 Å². The highest BCUT2D eigenvalue weighted by molar-refractivity contribution is 7.53. The van der Waals surface area contributed by atoms with Crippen LogP contribution in [0.4, 0.5) is 16.2 Å². The molecule has 2 unspecified atom stereocenters. The molecule has 2 aliphatic heterocycles. The molecule has 9 N–H and O–H groups in total. The largest absolute Gasteiger partial charge is 0.694 e. The maximum atomic E-state index is 15.8. The van der Waals surface area contributed by atoms with E-state index in [-0.39, 0.29) is 34.1 Å². The molecule has 2 saturated heterocycles. The molecule has 0 aliphatic carbocycles. The summed E-state index contributed by atoms with van der Waals surface area (Å²) in [5.74, 6) is -0.281. The number of rotatable bonds is 9. The number of nitrogen functional groups attached to an aromatic ring is 2. The molecule has 236 valence electrons. The summed E-state index contributed by atoms with van der Waals surface area (Å²) in [4.78, 5) is 54.3. The summed E-state index contributed by atoms with van der Waals surface area (Å²) in [7, 11) is -8.29. The van der Waals surface area contributed by atoms with Crippen molar-refractivity contribution in [2.75, 3.05) is 24.7 Å². The third-order valence-electron chi connectivity index (χ3n) is 7.16. The normalized spacial score (nSPS) is 30.7. The lowest BCUT2D eigenvalue weighted by molar-refractivity contribution is -0.0494. The van der Waals surface area contributed by atoms with Gasteiger partial charge in [-0.1, -0.05) is 0 Å². The lowest BCUT2D eigenvalue weighted by atomic mass is 10.1. The van der Waals surface area contributed by atoms with Gasteiger partial charge in [0.25, 0.3) is 5.56 Å². The highest BCUT2D eigenvalue weighted by Gasteiger charge is 2.57. The van der Waals surface area contributed by atoms with Gasteiger partial charge in [0.1, 0.15) is 54.7 Å².